The molecule has 0 radical (unpaired) electrons. The summed E-state index contributed by atoms with van der Waals surface area (Å²) >= 11 is 0. The number of benzene rings is 2. The van der Waals surface area contributed by atoms with Crippen LogP contribution in [0.3, 0.4) is 0 Å². The average Bonchev–Trinajstić information content (AvgIpc) is 2.77. The summed E-state index contributed by atoms with van der Waals surface area (Å²) in [5.41, 5.74) is 2.13. The summed E-state index contributed by atoms with van der Waals surface area (Å²) in [5, 5.41) is -0.790. The van der Waals surface area contributed by atoms with Crippen LogP contribution < -0.4 is 0 Å². The SMILES string of the molecule is O=S1(=O)[C@H](Cc2ccccc2)C=C[C@H]1Cc1ccccc1. The van der Waals surface area contributed by atoms with Gasteiger partial charge < -0.3 is 0 Å². The fraction of sp³-hybridized carbons (Fsp3) is 0.222. The van der Waals surface area contributed by atoms with Gasteiger partial charge in [-0.3, -0.25) is 0 Å². The topological polar surface area (TPSA) is 34.1 Å². The first-order valence-electron chi connectivity index (χ1n) is 7.15. The van der Waals surface area contributed by atoms with Gasteiger partial charge in [0.15, 0.2) is 9.84 Å². The van der Waals surface area contributed by atoms with Crippen molar-refractivity contribution >= 4 is 9.84 Å². The first kappa shape index (κ1) is 14.1. The minimum atomic E-state index is -3.14. The van der Waals surface area contributed by atoms with E-state index < -0.39 is 20.3 Å². The van der Waals surface area contributed by atoms with Crippen LogP contribution in [0.1, 0.15) is 11.1 Å². The molecule has 1 heterocycles. The van der Waals surface area contributed by atoms with Crippen LogP contribution in [0.5, 0.6) is 0 Å². The summed E-state index contributed by atoms with van der Waals surface area (Å²) in [6, 6.07) is 19.6. The number of sulfone groups is 1. The molecule has 0 spiro atoms. The van der Waals surface area contributed by atoms with Gasteiger partial charge in [0.25, 0.3) is 0 Å². The van der Waals surface area contributed by atoms with Crippen molar-refractivity contribution in [3.05, 3.63) is 83.9 Å². The van der Waals surface area contributed by atoms with Crippen molar-refractivity contribution in [2.75, 3.05) is 0 Å². The van der Waals surface area contributed by atoms with E-state index in [2.05, 4.69) is 0 Å². The van der Waals surface area contributed by atoms with Gasteiger partial charge in [-0.1, -0.05) is 72.8 Å². The van der Waals surface area contributed by atoms with Gasteiger partial charge in [0, 0.05) is 0 Å². The summed E-state index contributed by atoms with van der Waals surface area (Å²) < 4.78 is 25.3. The highest BCUT2D eigenvalue weighted by Gasteiger charge is 2.35. The van der Waals surface area contributed by atoms with Crippen molar-refractivity contribution in [2.24, 2.45) is 0 Å². The van der Waals surface area contributed by atoms with Gasteiger partial charge in [-0.25, -0.2) is 8.42 Å². The van der Waals surface area contributed by atoms with Gasteiger partial charge in [-0.05, 0) is 24.0 Å². The Morgan fingerprint density at radius 2 is 1.05 bits per heavy atom. The molecule has 0 unspecified atom stereocenters. The van der Waals surface area contributed by atoms with E-state index in [9.17, 15) is 8.42 Å². The van der Waals surface area contributed by atoms with Crippen LogP contribution in [0.2, 0.25) is 0 Å². The fourth-order valence-electron chi connectivity index (χ4n) is 2.75. The molecular formula is C18H18O2S. The van der Waals surface area contributed by atoms with Crippen LogP contribution in [0.25, 0.3) is 0 Å². The highest BCUT2D eigenvalue weighted by Crippen LogP contribution is 2.26. The van der Waals surface area contributed by atoms with Gasteiger partial charge in [0.05, 0.1) is 10.5 Å². The van der Waals surface area contributed by atoms with E-state index in [4.69, 9.17) is 0 Å². The molecule has 1 aliphatic rings. The first-order valence-corrected chi connectivity index (χ1v) is 8.76. The summed E-state index contributed by atoms with van der Waals surface area (Å²) in [7, 11) is -3.14. The normalized spacial score (nSPS) is 23.2. The standard InChI is InChI=1S/C18H18O2S/c19-21(20)17(13-15-7-3-1-4-8-15)11-12-18(21)14-16-9-5-2-6-10-16/h1-12,17-18H,13-14H2/t17-,18-/m0/s1. The highest BCUT2D eigenvalue weighted by atomic mass is 32.2. The quantitative estimate of drug-likeness (QED) is 0.812. The molecule has 0 saturated carbocycles. The largest absolute Gasteiger partial charge is 0.228 e. The Bertz CT molecular complexity index is 661. The number of hydrogen-bond acceptors (Lipinski definition) is 2. The zero-order valence-electron chi connectivity index (χ0n) is 11.7. The molecule has 2 atom stereocenters. The Labute approximate surface area is 126 Å². The second kappa shape index (κ2) is 5.86. The van der Waals surface area contributed by atoms with E-state index in [0.717, 1.165) is 11.1 Å². The molecule has 108 valence electrons. The molecule has 1 aliphatic heterocycles. The maximum atomic E-state index is 12.6. The molecule has 3 rings (SSSR count). The molecule has 21 heavy (non-hydrogen) atoms. The van der Waals surface area contributed by atoms with Crippen molar-refractivity contribution in [3.63, 3.8) is 0 Å². The molecule has 2 aromatic rings. The smallest absolute Gasteiger partial charge is 0.163 e. The van der Waals surface area contributed by atoms with Crippen LogP contribution in [0.4, 0.5) is 0 Å². The second-order valence-corrected chi connectivity index (χ2v) is 7.82. The molecule has 3 heteroatoms. The van der Waals surface area contributed by atoms with Crippen LogP contribution in [-0.2, 0) is 22.7 Å². The zero-order valence-corrected chi connectivity index (χ0v) is 12.5. The van der Waals surface area contributed by atoms with Crippen molar-refractivity contribution in [1.82, 2.24) is 0 Å². The molecule has 2 nitrogen and oxygen atoms in total. The summed E-state index contributed by atoms with van der Waals surface area (Å²) in [6.45, 7) is 0. The molecule has 0 amide bonds. The van der Waals surface area contributed by atoms with E-state index in [0.29, 0.717) is 12.8 Å². The predicted molar refractivity (Wildman–Crippen MR) is 85.9 cm³/mol. The lowest BCUT2D eigenvalue weighted by molar-refractivity contribution is 0.583. The van der Waals surface area contributed by atoms with Gasteiger partial charge in [0.1, 0.15) is 0 Å². The van der Waals surface area contributed by atoms with Gasteiger partial charge in [0.2, 0.25) is 0 Å². The third-order valence-electron chi connectivity index (χ3n) is 3.94. The Balaban J connectivity index is 1.75. The monoisotopic (exact) mass is 298 g/mol. The lowest BCUT2D eigenvalue weighted by Gasteiger charge is -2.14. The van der Waals surface area contributed by atoms with Crippen LogP contribution in [0.15, 0.2) is 72.8 Å². The Kier molecular flexibility index (Phi) is 3.93. The van der Waals surface area contributed by atoms with Gasteiger partial charge in [-0.15, -0.1) is 0 Å². The molecule has 0 fully saturated rings. The summed E-state index contributed by atoms with van der Waals surface area (Å²) in [5.74, 6) is 0. The molecular weight excluding hydrogens is 280 g/mol. The minimum absolute atomic E-state index is 0.395. The average molecular weight is 298 g/mol. The molecule has 0 bridgehead atoms. The van der Waals surface area contributed by atoms with Crippen molar-refractivity contribution < 1.29 is 8.42 Å². The van der Waals surface area contributed by atoms with Crippen molar-refractivity contribution in [1.29, 1.82) is 0 Å². The zero-order chi connectivity index (χ0) is 14.7. The molecule has 0 saturated heterocycles. The van der Waals surface area contributed by atoms with E-state index in [1.165, 1.54) is 0 Å². The second-order valence-electron chi connectivity index (χ2n) is 5.43. The summed E-state index contributed by atoms with van der Waals surface area (Å²) in [6.07, 6.45) is 4.84. The predicted octanol–water partition coefficient (Wildman–Crippen LogP) is 3.19. The Morgan fingerprint density at radius 1 is 0.667 bits per heavy atom. The first-order chi connectivity index (χ1) is 10.2. The highest BCUT2D eigenvalue weighted by molar-refractivity contribution is 7.93. The number of rotatable bonds is 4. The van der Waals surface area contributed by atoms with Gasteiger partial charge in [-0.2, -0.15) is 0 Å². The lowest BCUT2D eigenvalue weighted by Crippen LogP contribution is -2.27. The van der Waals surface area contributed by atoms with Crippen LogP contribution >= 0.6 is 0 Å². The third-order valence-corrected chi connectivity index (χ3v) is 6.28. The van der Waals surface area contributed by atoms with Crippen LogP contribution in [-0.4, -0.2) is 18.9 Å². The third kappa shape index (κ3) is 3.08. The van der Waals surface area contributed by atoms with Crippen molar-refractivity contribution in [2.45, 2.75) is 23.3 Å². The van der Waals surface area contributed by atoms with Crippen molar-refractivity contribution in [3.8, 4) is 0 Å². The van der Waals surface area contributed by atoms with Gasteiger partial charge >= 0.3 is 0 Å². The van der Waals surface area contributed by atoms with Crippen LogP contribution in [0, 0.1) is 0 Å². The molecule has 0 aromatic heterocycles. The Morgan fingerprint density at radius 3 is 1.43 bits per heavy atom. The molecule has 0 aliphatic carbocycles. The summed E-state index contributed by atoms with van der Waals surface area (Å²) in [4.78, 5) is 0. The lowest BCUT2D eigenvalue weighted by atomic mass is 10.1. The number of hydrogen-bond donors (Lipinski definition) is 0. The van der Waals surface area contributed by atoms with E-state index in [1.807, 2.05) is 72.8 Å². The maximum Gasteiger partial charge on any atom is 0.163 e. The molecule has 0 N–H and O–H groups in total. The Hall–Kier alpha value is -1.87. The fourth-order valence-corrected chi connectivity index (χ4v) is 4.67. The molecule has 2 aromatic carbocycles. The minimum Gasteiger partial charge on any atom is -0.228 e. The van der Waals surface area contributed by atoms with E-state index in [-0.39, 0.29) is 0 Å². The van der Waals surface area contributed by atoms with E-state index in [1.54, 1.807) is 0 Å². The maximum absolute atomic E-state index is 12.6. The van der Waals surface area contributed by atoms with E-state index >= 15 is 0 Å².